The molecule has 11 nitrogen and oxygen atoms in total. The summed E-state index contributed by atoms with van der Waals surface area (Å²) in [5.74, 6) is -0.445. The number of rotatable bonds is 24. The van der Waals surface area contributed by atoms with E-state index in [-0.39, 0.29) is 26.4 Å². The van der Waals surface area contributed by atoms with Gasteiger partial charge in [-0.05, 0) is 0 Å². The van der Waals surface area contributed by atoms with Crippen molar-refractivity contribution in [2.24, 2.45) is 5.73 Å². The molecule has 1 atom stereocenters. The molecule has 0 saturated heterocycles. The monoisotopic (exact) mass is 427 g/mol. The van der Waals surface area contributed by atoms with E-state index >= 15 is 0 Å². The smallest absolute Gasteiger partial charge is 0.177 e. The largest absolute Gasteiger partial charge is 0.394 e. The van der Waals surface area contributed by atoms with E-state index in [0.29, 0.717) is 79.3 Å². The van der Waals surface area contributed by atoms with Crippen molar-refractivity contribution in [3.05, 3.63) is 0 Å². The molecule has 0 radical (unpaired) electrons. The molecular weight excluding hydrogens is 390 g/mol. The van der Waals surface area contributed by atoms with Gasteiger partial charge in [-0.1, -0.05) is 0 Å². The summed E-state index contributed by atoms with van der Waals surface area (Å²) < 4.78 is 36.8. The van der Waals surface area contributed by atoms with E-state index in [1.807, 2.05) is 0 Å². The Labute approximate surface area is 172 Å². The SMILES string of the molecule is NCC(=O)C(O)COCCOCCOCCOCCOCCOCCOCCO. The summed E-state index contributed by atoms with van der Waals surface area (Å²) in [5.41, 5.74) is 5.12. The fourth-order valence-electron chi connectivity index (χ4n) is 1.81. The maximum Gasteiger partial charge on any atom is 0.177 e. The zero-order valence-corrected chi connectivity index (χ0v) is 17.1. The van der Waals surface area contributed by atoms with Gasteiger partial charge >= 0.3 is 0 Å². The number of ketones is 1. The van der Waals surface area contributed by atoms with E-state index in [4.69, 9.17) is 44.0 Å². The maximum absolute atomic E-state index is 11.0. The van der Waals surface area contributed by atoms with E-state index in [9.17, 15) is 9.90 Å². The Kier molecular flexibility index (Phi) is 23.0. The molecule has 1 unspecified atom stereocenters. The number of ether oxygens (including phenoxy) is 7. The van der Waals surface area contributed by atoms with Crippen LogP contribution in [0.15, 0.2) is 0 Å². The van der Waals surface area contributed by atoms with Gasteiger partial charge in [0.15, 0.2) is 5.78 Å². The minimum Gasteiger partial charge on any atom is -0.394 e. The van der Waals surface area contributed by atoms with Gasteiger partial charge in [0.05, 0.1) is 106 Å². The van der Waals surface area contributed by atoms with Gasteiger partial charge in [-0.15, -0.1) is 0 Å². The molecule has 0 amide bonds. The molecular formula is C18H37NO10. The average molecular weight is 427 g/mol. The fraction of sp³-hybridized carbons (Fsp3) is 0.944. The molecule has 0 heterocycles. The zero-order valence-electron chi connectivity index (χ0n) is 17.1. The number of Topliss-reactive ketones (excluding diaryl/α,β-unsaturated/α-hetero) is 1. The predicted octanol–water partition coefficient (Wildman–Crippen LogP) is -2.02. The van der Waals surface area contributed by atoms with E-state index in [0.717, 1.165) is 0 Å². The van der Waals surface area contributed by atoms with Gasteiger partial charge in [-0.25, -0.2) is 0 Å². The number of hydrogen-bond acceptors (Lipinski definition) is 11. The van der Waals surface area contributed by atoms with Gasteiger partial charge in [0, 0.05) is 0 Å². The molecule has 0 aliphatic heterocycles. The summed E-state index contributed by atoms with van der Waals surface area (Å²) >= 11 is 0. The summed E-state index contributed by atoms with van der Waals surface area (Å²) in [6, 6.07) is 0. The van der Waals surface area contributed by atoms with Crippen LogP contribution in [0.2, 0.25) is 0 Å². The highest BCUT2D eigenvalue weighted by atomic mass is 16.6. The molecule has 0 aromatic rings. The van der Waals surface area contributed by atoms with Gasteiger partial charge in [-0.2, -0.15) is 0 Å². The van der Waals surface area contributed by atoms with Crippen molar-refractivity contribution in [1.29, 1.82) is 0 Å². The van der Waals surface area contributed by atoms with E-state index in [1.165, 1.54) is 0 Å². The molecule has 0 rings (SSSR count). The van der Waals surface area contributed by atoms with E-state index < -0.39 is 11.9 Å². The maximum atomic E-state index is 11.0. The highest BCUT2D eigenvalue weighted by Gasteiger charge is 2.12. The molecule has 0 spiro atoms. The van der Waals surface area contributed by atoms with E-state index in [2.05, 4.69) is 0 Å². The molecule has 0 aliphatic rings. The lowest BCUT2D eigenvalue weighted by atomic mass is 10.2. The third kappa shape index (κ3) is 21.8. The molecule has 11 heteroatoms. The average Bonchev–Trinajstić information content (AvgIpc) is 2.74. The molecule has 0 aromatic carbocycles. The standard InChI is InChI=1S/C18H37NO10/c19-15-17(21)18(22)16-29-14-13-28-12-11-27-10-9-26-8-7-25-6-5-24-4-3-23-2-1-20/h18,20,22H,1-16,19H2. The Morgan fingerprint density at radius 3 is 1.24 bits per heavy atom. The first kappa shape index (κ1) is 28.3. The number of carbonyl (C=O) groups is 1. The Morgan fingerprint density at radius 1 is 0.621 bits per heavy atom. The van der Waals surface area contributed by atoms with Crippen molar-refractivity contribution < 1.29 is 48.2 Å². The lowest BCUT2D eigenvalue weighted by Gasteiger charge is -2.10. The predicted molar refractivity (Wildman–Crippen MR) is 103 cm³/mol. The molecule has 0 bridgehead atoms. The Bertz CT molecular complexity index is 349. The summed E-state index contributed by atoms with van der Waals surface area (Å²) in [7, 11) is 0. The van der Waals surface area contributed by atoms with Crippen LogP contribution < -0.4 is 5.73 Å². The first-order valence-corrected chi connectivity index (χ1v) is 9.78. The van der Waals surface area contributed by atoms with Crippen molar-refractivity contribution in [2.75, 3.05) is 106 Å². The van der Waals surface area contributed by atoms with Crippen molar-refractivity contribution in [2.45, 2.75) is 6.10 Å². The number of aliphatic hydroxyl groups excluding tert-OH is 2. The van der Waals surface area contributed by atoms with Crippen molar-refractivity contribution in [1.82, 2.24) is 0 Å². The molecule has 174 valence electrons. The van der Waals surface area contributed by atoms with Gasteiger partial charge in [0.1, 0.15) is 6.10 Å². The number of carbonyl (C=O) groups excluding carboxylic acids is 1. The van der Waals surface area contributed by atoms with E-state index in [1.54, 1.807) is 0 Å². The Hall–Kier alpha value is -0.730. The van der Waals surface area contributed by atoms with Gasteiger partial charge in [0.25, 0.3) is 0 Å². The first-order chi connectivity index (χ1) is 14.2. The molecule has 4 N–H and O–H groups in total. The highest BCUT2D eigenvalue weighted by Crippen LogP contribution is 1.88. The first-order valence-electron chi connectivity index (χ1n) is 9.78. The van der Waals surface area contributed by atoms with Gasteiger partial charge in [-0.3, -0.25) is 4.79 Å². The zero-order chi connectivity index (χ0) is 21.4. The van der Waals surface area contributed by atoms with Crippen LogP contribution >= 0.6 is 0 Å². The number of aliphatic hydroxyl groups is 2. The molecule has 29 heavy (non-hydrogen) atoms. The van der Waals surface area contributed by atoms with Crippen LogP contribution in [0.3, 0.4) is 0 Å². The van der Waals surface area contributed by atoms with Crippen LogP contribution in [-0.2, 0) is 38.0 Å². The Balaban J connectivity index is 3.07. The lowest BCUT2D eigenvalue weighted by molar-refractivity contribution is -0.129. The number of nitrogens with two attached hydrogens (primary N) is 1. The minimum absolute atomic E-state index is 0.0188. The van der Waals surface area contributed by atoms with Crippen molar-refractivity contribution in [3.63, 3.8) is 0 Å². The van der Waals surface area contributed by atoms with Crippen LogP contribution in [0.4, 0.5) is 0 Å². The fourth-order valence-corrected chi connectivity index (χ4v) is 1.81. The second kappa shape index (κ2) is 23.5. The summed E-state index contributed by atoms with van der Waals surface area (Å²) in [4.78, 5) is 11.0. The summed E-state index contributed by atoms with van der Waals surface area (Å²) in [6.07, 6.45) is -1.18. The highest BCUT2D eigenvalue weighted by molar-refractivity contribution is 5.84. The van der Waals surface area contributed by atoms with Crippen molar-refractivity contribution in [3.8, 4) is 0 Å². The van der Waals surface area contributed by atoms with Gasteiger partial charge < -0.3 is 49.1 Å². The summed E-state index contributed by atoms with van der Waals surface area (Å²) in [5, 5.41) is 17.8. The second-order valence-corrected chi connectivity index (χ2v) is 5.66. The summed E-state index contributed by atoms with van der Waals surface area (Å²) in [6.45, 7) is 5.37. The molecule has 0 fully saturated rings. The lowest BCUT2D eigenvalue weighted by Crippen LogP contribution is -2.32. The quantitative estimate of drug-likeness (QED) is 0.147. The van der Waals surface area contributed by atoms with Crippen molar-refractivity contribution >= 4 is 5.78 Å². The molecule has 0 saturated carbocycles. The Morgan fingerprint density at radius 2 is 0.931 bits per heavy atom. The van der Waals surface area contributed by atoms with Crippen LogP contribution in [0.25, 0.3) is 0 Å². The van der Waals surface area contributed by atoms with Crippen LogP contribution in [0, 0.1) is 0 Å². The normalized spacial score (nSPS) is 12.4. The second-order valence-electron chi connectivity index (χ2n) is 5.66. The topological polar surface area (TPSA) is 148 Å². The van der Waals surface area contributed by atoms with Crippen LogP contribution in [0.1, 0.15) is 0 Å². The third-order valence-corrected chi connectivity index (χ3v) is 3.32. The minimum atomic E-state index is -1.18. The van der Waals surface area contributed by atoms with Gasteiger partial charge in [0.2, 0.25) is 0 Å². The van der Waals surface area contributed by atoms with Crippen LogP contribution in [-0.4, -0.2) is 128 Å². The molecule has 0 aliphatic carbocycles. The molecule has 0 aromatic heterocycles. The third-order valence-electron chi connectivity index (χ3n) is 3.32. The van der Waals surface area contributed by atoms with Crippen LogP contribution in [0.5, 0.6) is 0 Å². The number of hydrogen-bond donors (Lipinski definition) is 3.